The molecule has 0 aromatic heterocycles. The molecular formula is C16H25ClN2. The molecule has 0 unspecified atom stereocenters. The molecule has 0 heterocycles. The molecule has 1 fully saturated rings. The maximum absolute atomic E-state index is 6.20. The number of rotatable bonds is 7. The van der Waals surface area contributed by atoms with E-state index in [0.29, 0.717) is 6.04 Å². The Labute approximate surface area is 122 Å². The molecule has 1 aromatic carbocycles. The van der Waals surface area contributed by atoms with Crippen LogP contribution in [-0.2, 0) is 6.54 Å². The van der Waals surface area contributed by atoms with Gasteiger partial charge in [-0.3, -0.25) is 0 Å². The van der Waals surface area contributed by atoms with Crippen molar-refractivity contribution in [1.82, 2.24) is 5.32 Å². The van der Waals surface area contributed by atoms with Crippen LogP contribution in [0.15, 0.2) is 18.2 Å². The number of benzene rings is 1. The molecule has 0 radical (unpaired) electrons. The topological polar surface area (TPSA) is 15.3 Å². The van der Waals surface area contributed by atoms with Crippen molar-refractivity contribution in [3.8, 4) is 0 Å². The van der Waals surface area contributed by atoms with Crippen molar-refractivity contribution < 1.29 is 0 Å². The number of hydrogen-bond donors (Lipinski definition) is 1. The minimum Gasteiger partial charge on any atom is -0.368 e. The zero-order valence-corrected chi connectivity index (χ0v) is 13.0. The van der Waals surface area contributed by atoms with Crippen LogP contribution in [0.4, 0.5) is 5.69 Å². The number of halogens is 1. The smallest absolute Gasteiger partial charge is 0.0429 e. The lowest BCUT2D eigenvalue weighted by Crippen LogP contribution is -2.29. The Hall–Kier alpha value is -0.730. The maximum atomic E-state index is 6.20. The predicted molar refractivity (Wildman–Crippen MR) is 84.1 cm³/mol. The van der Waals surface area contributed by atoms with E-state index in [9.17, 15) is 0 Å². The fourth-order valence-corrected chi connectivity index (χ4v) is 2.56. The molecule has 0 amide bonds. The van der Waals surface area contributed by atoms with E-state index in [1.165, 1.54) is 30.5 Å². The van der Waals surface area contributed by atoms with Crippen LogP contribution in [0, 0.1) is 0 Å². The van der Waals surface area contributed by atoms with Gasteiger partial charge in [-0.05, 0) is 37.0 Å². The lowest BCUT2D eigenvalue weighted by atomic mass is 10.1. The second kappa shape index (κ2) is 6.62. The average Bonchev–Trinajstić information content (AvgIpc) is 3.18. The minimum atomic E-state index is 0.504. The summed E-state index contributed by atoms with van der Waals surface area (Å²) in [7, 11) is 0. The zero-order chi connectivity index (χ0) is 13.8. The van der Waals surface area contributed by atoms with Crippen LogP contribution in [0.2, 0.25) is 5.02 Å². The van der Waals surface area contributed by atoms with Crippen molar-refractivity contribution in [1.29, 1.82) is 0 Å². The molecule has 1 aromatic rings. The SMILES string of the molecule is CCCN(c1cc(Cl)ccc1CNC(C)C)C1CC1. The van der Waals surface area contributed by atoms with Gasteiger partial charge in [0.05, 0.1) is 0 Å². The lowest BCUT2D eigenvalue weighted by molar-refractivity contribution is 0.587. The van der Waals surface area contributed by atoms with E-state index in [4.69, 9.17) is 11.6 Å². The minimum absolute atomic E-state index is 0.504. The summed E-state index contributed by atoms with van der Waals surface area (Å²) in [6.07, 6.45) is 3.83. The summed E-state index contributed by atoms with van der Waals surface area (Å²) in [5.41, 5.74) is 2.68. The second-order valence-corrected chi connectivity index (χ2v) is 6.17. The highest BCUT2D eigenvalue weighted by Crippen LogP contribution is 2.35. The third-order valence-corrected chi connectivity index (χ3v) is 3.74. The largest absolute Gasteiger partial charge is 0.368 e. The average molecular weight is 281 g/mol. The first-order chi connectivity index (χ1) is 9.11. The number of anilines is 1. The first kappa shape index (κ1) is 14.7. The summed E-state index contributed by atoms with van der Waals surface area (Å²) in [6.45, 7) is 8.64. The van der Waals surface area contributed by atoms with E-state index < -0.39 is 0 Å². The first-order valence-electron chi connectivity index (χ1n) is 7.40. The van der Waals surface area contributed by atoms with E-state index in [1.54, 1.807) is 0 Å². The van der Waals surface area contributed by atoms with Crippen molar-refractivity contribution >= 4 is 17.3 Å². The highest BCUT2D eigenvalue weighted by atomic mass is 35.5. The number of nitrogens with zero attached hydrogens (tertiary/aromatic N) is 1. The molecule has 1 aliphatic carbocycles. The molecule has 2 nitrogen and oxygen atoms in total. The standard InChI is InChI=1S/C16H25ClN2/c1-4-9-19(15-7-8-15)16-10-14(17)6-5-13(16)11-18-12(2)3/h5-6,10,12,15,18H,4,7-9,11H2,1-3H3. The maximum Gasteiger partial charge on any atom is 0.0429 e. The molecule has 0 bridgehead atoms. The summed E-state index contributed by atoms with van der Waals surface area (Å²) in [5, 5.41) is 4.35. The molecule has 3 heteroatoms. The van der Waals surface area contributed by atoms with Gasteiger partial charge in [0.15, 0.2) is 0 Å². The van der Waals surface area contributed by atoms with Crippen LogP contribution in [0.1, 0.15) is 45.6 Å². The van der Waals surface area contributed by atoms with E-state index in [-0.39, 0.29) is 0 Å². The Bertz CT molecular complexity index is 413. The number of hydrogen-bond acceptors (Lipinski definition) is 2. The van der Waals surface area contributed by atoms with Crippen LogP contribution in [0.25, 0.3) is 0 Å². The van der Waals surface area contributed by atoms with Gasteiger partial charge in [0.2, 0.25) is 0 Å². The molecule has 0 atom stereocenters. The summed E-state index contributed by atoms with van der Waals surface area (Å²) in [4.78, 5) is 2.54. The third kappa shape index (κ3) is 4.12. The van der Waals surface area contributed by atoms with Gasteiger partial charge >= 0.3 is 0 Å². The van der Waals surface area contributed by atoms with Gasteiger partial charge in [0, 0.05) is 35.9 Å². The normalized spacial score (nSPS) is 15.0. The van der Waals surface area contributed by atoms with E-state index >= 15 is 0 Å². The molecule has 0 aliphatic heterocycles. The van der Waals surface area contributed by atoms with Crippen LogP contribution in [0.3, 0.4) is 0 Å². The van der Waals surface area contributed by atoms with Gasteiger partial charge in [0.1, 0.15) is 0 Å². The monoisotopic (exact) mass is 280 g/mol. The fourth-order valence-electron chi connectivity index (χ4n) is 2.39. The highest BCUT2D eigenvalue weighted by Gasteiger charge is 2.29. The van der Waals surface area contributed by atoms with E-state index in [2.05, 4.69) is 43.1 Å². The van der Waals surface area contributed by atoms with Crippen molar-refractivity contribution in [2.75, 3.05) is 11.4 Å². The van der Waals surface area contributed by atoms with Gasteiger partial charge in [-0.25, -0.2) is 0 Å². The Kier molecular flexibility index (Phi) is 5.12. The molecule has 0 spiro atoms. The van der Waals surface area contributed by atoms with Crippen molar-refractivity contribution in [2.45, 2.75) is 58.7 Å². The summed E-state index contributed by atoms with van der Waals surface area (Å²) in [6, 6.07) is 7.53. The van der Waals surface area contributed by atoms with Crippen LogP contribution >= 0.6 is 11.6 Å². The number of nitrogens with one attached hydrogen (secondary N) is 1. The highest BCUT2D eigenvalue weighted by molar-refractivity contribution is 6.30. The molecule has 1 saturated carbocycles. The quantitative estimate of drug-likeness (QED) is 0.805. The lowest BCUT2D eigenvalue weighted by Gasteiger charge is -2.27. The summed E-state index contributed by atoms with van der Waals surface area (Å²) < 4.78 is 0. The molecular weight excluding hydrogens is 256 g/mol. The van der Waals surface area contributed by atoms with Gasteiger partial charge in [-0.15, -0.1) is 0 Å². The zero-order valence-electron chi connectivity index (χ0n) is 12.2. The van der Waals surface area contributed by atoms with Gasteiger partial charge in [-0.2, -0.15) is 0 Å². The third-order valence-electron chi connectivity index (χ3n) is 3.51. The van der Waals surface area contributed by atoms with E-state index in [0.717, 1.165) is 24.2 Å². The summed E-state index contributed by atoms with van der Waals surface area (Å²) >= 11 is 6.20. The van der Waals surface area contributed by atoms with E-state index in [1.807, 2.05) is 6.07 Å². The molecule has 1 N–H and O–H groups in total. The fraction of sp³-hybridized carbons (Fsp3) is 0.625. The van der Waals surface area contributed by atoms with Gasteiger partial charge < -0.3 is 10.2 Å². The Balaban J connectivity index is 2.21. The van der Waals surface area contributed by atoms with Crippen LogP contribution < -0.4 is 10.2 Å². The Morgan fingerprint density at radius 1 is 1.37 bits per heavy atom. The predicted octanol–water partition coefficient (Wildman–Crippen LogP) is 4.22. The van der Waals surface area contributed by atoms with Crippen LogP contribution in [-0.4, -0.2) is 18.6 Å². The second-order valence-electron chi connectivity index (χ2n) is 5.73. The molecule has 0 saturated heterocycles. The molecule has 2 rings (SSSR count). The first-order valence-corrected chi connectivity index (χ1v) is 7.78. The van der Waals surface area contributed by atoms with Gasteiger partial charge in [0.25, 0.3) is 0 Å². The molecule has 19 heavy (non-hydrogen) atoms. The summed E-state index contributed by atoms with van der Waals surface area (Å²) in [5.74, 6) is 0. The Morgan fingerprint density at radius 3 is 2.68 bits per heavy atom. The van der Waals surface area contributed by atoms with Gasteiger partial charge in [-0.1, -0.05) is 38.4 Å². The Morgan fingerprint density at radius 2 is 2.11 bits per heavy atom. The van der Waals surface area contributed by atoms with Crippen molar-refractivity contribution in [2.24, 2.45) is 0 Å². The molecule has 1 aliphatic rings. The van der Waals surface area contributed by atoms with Crippen LogP contribution in [0.5, 0.6) is 0 Å². The van der Waals surface area contributed by atoms with Crippen molar-refractivity contribution in [3.05, 3.63) is 28.8 Å². The van der Waals surface area contributed by atoms with Crippen molar-refractivity contribution in [3.63, 3.8) is 0 Å². The molecule has 106 valence electrons.